The molecule has 0 aliphatic carbocycles. The molecule has 0 saturated heterocycles. The summed E-state index contributed by atoms with van der Waals surface area (Å²) in [5.74, 6) is 0.826. The molecule has 0 atom stereocenters. The van der Waals surface area contributed by atoms with Crippen molar-refractivity contribution in [1.82, 2.24) is 14.8 Å². The zero-order chi connectivity index (χ0) is 11.5. The van der Waals surface area contributed by atoms with Gasteiger partial charge in [-0.25, -0.2) is 4.98 Å². The van der Waals surface area contributed by atoms with E-state index in [1.165, 1.54) is 0 Å². The number of pyridine rings is 1. The van der Waals surface area contributed by atoms with Crippen molar-refractivity contribution in [3.63, 3.8) is 0 Å². The summed E-state index contributed by atoms with van der Waals surface area (Å²) in [5.41, 5.74) is 1.12. The molecule has 0 saturated carbocycles. The van der Waals surface area contributed by atoms with Gasteiger partial charge in [-0.2, -0.15) is 5.10 Å². The Balaban J connectivity index is 2.04. The topological polar surface area (TPSA) is 42.7 Å². The average Bonchev–Trinajstić information content (AvgIpc) is 2.63. The van der Waals surface area contributed by atoms with E-state index < -0.39 is 0 Å². The van der Waals surface area contributed by atoms with Crippen LogP contribution in [0.15, 0.2) is 33.6 Å². The van der Waals surface area contributed by atoms with Gasteiger partial charge in [0, 0.05) is 36.0 Å². The summed E-state index contributed by atoms with van der Waals surface area (Å²) in [6, 6.07) is 1.96. The van der Waals surface area contributed by atoms with Gasteiger partial charge in [0.1, 0.15) is 5.82 Å². The summed E-state index contributed by atoms with van der Waals surface area (Å²) in [6.45, 7) is 0.709. The Kier molecular flexibility index (Phi) is 3.60. The molecule has 0 spiro atoms. The highest BCUT2D eigenvalue weighted by atomic mass is 79.9. The molecule has 0 amide bonds. The third-order valence-corrected chi connectivity index (χ3v) is 3.06. The maximum absolute atomic E-state index is 4.27. The fourth-order valence-corrected chi connectivity index (χ4v) is 2.42. The number of nitrogens with zero attached hydrogens (tertiary/aromatic N) is 3. The largest absolute Gasteiger partial charge is 0.365 e. The van der Waals surface area contributed by atoms with Crippen LogP contribution in [0.4, 0.5) is 5.82 Å². The second-order valence-corrected chi connectivity index (χ2v) is 5.13. The maximum Gasteiger partial charge on any atom is 0.140 e. The molecule has 1 N–H and O–H groups in total. The fraction of sp³-hybridized carbons (Fsp3) is 0.200. The first-order valence-electron chi connectivity index (χ1n) is 4.67. The first-order valence-corrected chi connectivity index (χ1v) is 6.26. The molecule has 0 fully saturated rings. The van der Waals surface area contributed by atoms with Crippen molar-refractivity contribution < 1.29 is 0 Å². The Bertz CT molecular complexity index is 495. The molecular formula is C10H10Br2N4. The van der Waals surface area contributed by atoms with Gasteiger partial charge in [0.05, 0.1) is 10.7 Å². The van der Waals surface area contributed by atoms with Crippen LogP contribution < -0.4 is 5.32 Å². The van der Waals surface area contributed by atoms with E-state index in [0.717, 1.165) is 20.3 Å². The van der Waals surface area contributed by atoms with Crippen molar-refractivity contribution in [3.05, 3.63) is 39.2 Å². The molecule has 16 heavy (non-hydrogen) atoms. The lowest BCUT2D eigenvalue weighted by Crippen LogP contribution is -2.01. The quantitative estimate of drug-likeness (QED) is 0.930. The van der Waals surface area contributed by atoms with Crippen molar-refractivity contribution in [2.75, 3.05) is 5.32 Å². The van der Waals surface area contributed by atoms with Crippen molar-refractivity contribution in [2.24, 2.45) is 7.05 Å². The molecule has 84 valence electrons. The molecule has 0 bridgehead atoms. The van der Waals surface area contributed by atoms with Crippen LogP contribution in [0, 0.1) is 0 Å². The third kappa shape index (κ3) is 2.82. The second-order valence-electron chi connectivity index (χ2n) is 3.36. The van der Waals surface area contributed by atoms with Crippen molar-refractivity contribution in [3.8, 4) is 0 Å². The number of rotatable bonds is 3. The molecule has 2 aromatic rings. The third-order valence-electron chi connectivity index (χ3n) is 2.03. The van der Waals surface area contributed by atoms with E-state index in [0.29, 0.717) is 6.54 Å². The van der Waals surface area contributed by atoms with Crippen LogP contribution in [0.1, 0.15) is 5.56 Å². The van der Waals surface area contributed by atoms with Crippen molar-refractivity contribution in [2.45, 2.75) is 6.54 Å². The maximum atomic E-state index is 4.27. The summed E-state index contributed by atoms with van der Waals surface area (Å²) in [4.78, 5) is 4.27. The molecule has 0 aliphatic heterocycles. The Labute approximate surface area is 110 Å². The van der Waals surface area contributed by atoms with E-state index in [-0.39, 0.29) is 0 Å². The average molecular weight is 346 g/mol. The van der Waals surface area contributed by atoms with E-state index in [4.69, 9.17) is 0 Å². The zero-order valence-electron chi connectivity index (χ0n) is 8.61. The van der Waals surface area contributed by atoms with Gasteiger partial charge < -0.3 is 5.32 Å². The van der Waals surface area contributed by atoms with Gasteiger partial charge in [-0.3, -0.25) is 4.68 Å². The van der Waals surface area contributed by atoms with Crippen LogP contribution >= 0.6 is 31.9 Å². The number of halogens is 2. The van der Waals surface area contributed by atoms with Gasteiger partial charge in [0.15, 0.2) is 0 Å². The lowest BCUT2D eigenvalue weighted by molar-refractivity contribution is 0.767. The molecule has 6 heteroatoms. The molecule has 4 nitrogen and oxygen atoms in total. The minimum absolute atomic E-state index is 0.709. The standard InChI is InChI=1S/C10H10Br2N4/c1-16-6-7(4-15-16)3-13-10-9(12)2-8(11)5-14-10/h2,4-6H,3H2,1H3,(H,13,14). The number of hydrogen-bond donors (Lipinski definition) is 1. The Hall–Kier alpha value is -0.880. The predicted octanol–water partition coefficient (Wildman–Crippen LogP) is 2.95. The number of hydrogen-bond acceptors (Lipinski definition) is 3. The molecule has 2 heterocycles. The Morgan fingerprint density at radius 2 is 2.19 bits per heavy atom. The van der Waals surface area contributed by atoms with Gasteiger partial charge in [0.2, 0.25) is 0 Å². The van der Waals surface area contributed by atoms with E-state index in [1.807, 2.05) is 25.5 Å². The molecule has 2 rings (SSSR count). The summed E-state index contributed by atoms with van der Waals surface area (Å²) in [6.07, 6.45) is 5.57. The van der Waals surface area contributed by atoms with Gasteiger partial charge in [-0.15, -0.1) is 0 Å². The van der Waals surface area contributed by atoms with Crippen LogP contribution in [0.5, 0.6) is 0 Å². The summed E-state index contributed by atoms with van der Waals surface area (Å²) < 4.78 is 3.67. The van der Waals surface area contributed by atoms with Gasteiger partial charge in [0.25, 0.3) is 0 Å². The molecule has 0 unspecified atom stereocenters. The summed E-state index contributed by atoms with van der Waals surface area (Å²) >= 11 is 6.81. The Morgan fingerprint density at radius 1 is 1.38 bits per heavy atom. The molecule has 2 aromatic heterocycles. The molecule has 0 aliphatic rings. The van der Waals surface area contributed by atoms with Crippen LogP contribution in [0.3, 0.4) is 0 Å². The first-order chi connectivity index (χ1) is 7.65. The minimum Gasteiger partial charge on any atom is -0.365 e. The number of aryl methyl sites for hydroxylation is 1. The fourth-order valence-electron chi connectivity index (χ4n) is 1.29. The summed E-state index contributed by atoms with van der Waals surface area (Å²) in [5, 5.41) is 7.34. The highest BCUT2D eigenvalue weighted by Gasteiger charge is 2.02. The van der Waals surface area contributed by atoms with E-state index >= 15 is 0 Å². The number of nitrogens with one attached hydrogen (secondary N) is 1. The predicted molar refractivity (Wildman–Crippen MR) is 70.2 cm³/mol. The van der Waals surface area contributed by atoms with Gasteiger partial charge >= 0.3 is 0 Å². The number of aromatic nitrogens is 3. The van der Waals surface area contributed by atoms with Crippen LogP contribution in [0.2, 0.25) is 0 Å². The molecular weight excluding hydrogens is 336 g/mol. The molecule has 0 radical (unpaired) electrons. The zero-order valence-corrected chi connectivity index (χ0v) is 11.8. The summed E-state index contributed by atoms with van der Waals surface area (Å²) in [7, 11) is 1.90. The van der Waals surface area contributed by atoms with Crippen molar-refractivity contribution >= 4 is 37.7 Å². The lowest BCUT2D eigenvalue weighted by Gasteiger charge is -2.06. The van der Waals surface area contributed by atoms with Crippen molar-refractivity contribution in [1.29, 1.82) is 0 Å². The van der Waals surface area contributed by atoms with Crippen LogP contribution in [-0.4, -0.2) is 14.8 Å². The van der Waals surface area contributed by atoms with Crippen LogP contribution in [0.25, 0.3) is 0 Å². The van der Waals surface area contributed by atoms with E-state index in [1.54, 1.807) is 10.9 Å². The second kappa shape index (κ2) is 4.97. The minimum atomic E-state index is 0.709. The van der Waals surface area contributed by atoms with E-state index in [9.17, 15) is 0 Å². The highest BCUT2D eigenvalue weighted by Crippen LogP contribution is 2.23. The van der Waals surface area contributed by atoms with Crippen LogP contribution in [-0.2, 0) is 13.6 Å². The SMILES string of the molecule is Cn1cc(CNc2ncc(Br)cc2Br)cn1. The lowest BCUT2D eigenvalue weighted by atomic mass is 10.3. The van der Waals surface area contributed by atoms with E-state index in [2.05, 4.69) is 47.3 Å². The normalized spacial score (nSPS) is 10.4. The number of anilines is 1. The monoisotopic (exact) mass is 344 g/mol. The smallest absolute Gasteiger partial charge is 0.140 e. The molecule has 0 aromatic carbocycles. The Morgan fingerprint density at radius 3 is 2.81 bits per heavy atom. The first kappa shape index (κ1) is 11.6. The van der Waals surface area contributed by atoms with Gasteiger partial charge in [-0.1, -0.05) is 0 Å². The van der Waals surface area contributed by atoms with Gasteiger partial charge in [-0.05, 0) is 37.9 Å². The highest BCUT2D eigenvalue weighted by molar-refractivity contribution is 9.11.